The zero-order valence-electron chi connectivity index (χ0n) is 7.61. The molecule has 1 saturated heterocycles. The van der Waals surface area contributed by atoms with Crippen LogP contribution in [0.4, 0.5) is 0 Å². The highest BCUT2D eigenvalue weighted by Crippen LogP contribution is 2.17. The Balaban J connectivity index is 2.16. The van der Waals surface area contributed by atoms with E-state index in [-0.39, 0.29) is 11.9 Å². The van der Waals surface area contributed by atoms with Gasteiger partial charge in [0.15, 0.2) is 0 Å². The zero-order valence-corrected chi connectivity index (χ0v) is 9.77. The zero-order chi connectivity index (χ0) is 10.1. The summed E-state index contributed by atoms with van der Waals surface area (Å²) >= 11 is 2.18. The second kappa shape index (κ2) is 3.86. The van der Waals surface area contributed by atoms with Crippen LogP contribution in [0.1, 0.15) is 10.4 Å². The topological polar surface area (TPSA) is 46.3 Å². The molecule has 1 aliphatic heterocycles. The molecule has 74 valence electrons. The average Bonchev–Trinajstić information content (AvgIpc) is 2.13. The quantitative estimate of drug-likeness (QED) is 0.789. The van der Waals surface area contributed by atoms with Gasteiger partial charge in [-0.2, -0.15) is 0 Å². The highest BCUT2D eigenvalue weighted by atomic mass is 127. The smallest absolute Gasteiger partial charge is 0.255 e. The molecule has 14 heavy (non-hydrogen) atoms. The molecule has 4 heteroatoms. The van der Waals surface area contributed by atoms with Gasteiger partial charge in [0, 0.05) is 22.7 Å². The third-order valence-electron chi connectivity index (χ3n) is 2.30. The van der Waals surface area contributed by atoms with Gasteiger partial charge in [-0.1, -0.05) is 12.1 Å². The molecule has 1 aliphatic rings. The number of carbonyl (C=O) groups is 1. The summed E-state index contributed by atoms with van der Waals surface area (Å²) in [6.07, 6.45) is 0. The number of nitrogens with two attached hydrogens (primary N) is 1. The molecule has 0 atom stereocenters. The molecule has 0 spiro atoms. The third-order valence-corrected chi connectivity index (χ3v) is 3.24. The van der Waals surface area contributed by atoms with E-state index in [2.05, 4.69) is 22.6 Å². The van der Waals surface area contributed by atoms with Gasteiger partial charge in [0.2, 0.25) is 0 Å². The van der Waals surface area contributed by atoms with Crippen molar-refractivity contribution in [2.24, 2.45) is 5.73 Å². The van der Waals surface area contributed by atoms with Crippen molar-refractivity contribution >= 4 is 28.5 Å². The van der Waals surface area contributed by atoms with Gasteiger partial charge in [0.1, 0.15) is 0 Å². The summed E-state index contributed by atoms with van der Waals surface area (Å²) in [5.74, 6) is 0.0942. The van der Waals surface area contributed by atoms with Crippen LogP contribution in [0.15, 0.2) is 24.3 Å². The fraction of sp³-hybridized carbons (Fsp3) is 0.300. The number of hydrogen-bond donors (Lipinski definition) is 1. The molecule has 0 saturated carbocycles. The van der Waals surface area contributed by atoms with Crippen molar-refractivity contribution in [3.8, 4) is 0 Å². The van der Waals surface area contributed by atoms with Gasteiger partial charge in [-0.3, -0.25) is 4.79 Å². The number of likely N-dealkylation sites (tertiary alicyclic amines) is 1. The molecular formula is C10H11IN2O. The van der Waals surface area contributed by atoms with Crippen LogP contribution in [-0.4, -0.2) is 29.9 Å². The highest BCUT2D eigenvalue weighted by Gasteiger charge is 2.28. The molecule has 3 nitrogen and oxygen atoms in total. The second-order valence-corrected chi connectivity index (χ2v) is 4.61. The Kier molecular flexibility index (Phi) is 2.73. The van der Waals surface area contributed by atoms with E-state index in [9.17, 15) is 4.79 Å². The van der Waals surface area contributed by atoms with Gasteiger partial charge in [0.25, 0.3) is 5.91 Å². The molecule has 1 amide bonds. The number of rotatable bonds is 1. The summed E-state index contributed by atoms with van der Waals surface area (Å²) in [4.78, 5) is 13.6. The van der Waals surface area contributed by atoms with Gasteiger partial charge >= 0.3 is 0 Å². The van der Waals surface area contributed by atoms with E-state index in [0.29, 0.717) is 13.1 Å². The maximum absolute atomic E-state index is 11.9. The van der Waals surface area contributed by atoms with Crippen LogP contribution in [0.5, 0.6) is 0 Å². The number of nitrogens with zero attached hydrogens (tertiary/aromatic N) is 1. The fourth-order valence-corrected chi connectivity index (χ4v) is 2.10. The summed E-state index contributed by atoms with van der Waals surface area (Å²) in [5.41, 5.74) is 6.40. The molecule has 1 heterocycles. The van der Waals surface area contributed by atoms with E-state index in [4.69, 9.17) is 5.73 Å². The maximum Gasteiger partial charge on any atom is 0.255 e. The van der Waals surface area contributed by atoms with Crippen LogP contribution >= 0.6 is 22.6 Å². The summed E-state index contributed by atoms with van der Waals surface area (Å²) in [7, 11) is 0. The maximum atomic E-state index is 11.9. The molecule has 0 aliphatic carbocycles. The lowest BCUT2D eigenvalue weighted by atomic mass is 10.1. The standard InChI is InChI=1S/C10H11IN2O/c11-9-4-2-1-3-8(9)10(14)13-5-7(12)6-13/h1-4,7H,5-6,12H2. The minimum Gasteiger partial charge on any atom is -0.335 e. The summed E-state index contributed by atoms with van der Waals surface area (Å²) in [6.45, 7) is 1.37. The Morgan fingerprint density at radius 3 is 2.64 bits per heavy atom. The van der Waals surface area contributed by atoms with Crippen LogP contribution in [0.2, 0.25) is 0 Å². The van der Waals surface area contributed by atoms with Crippen molar-refractivity contribution < 1.29 is 4.79 Å². The minimum absolute atomic E-state index is 0.0942. The first-order valence-electron chi connectivity index (χ1n) is 4.48. The normalized spacial score (nSPS) is 16.6. The molecule has 0 bridgehead atoms. The van der Waals surface area contributed by atoms with E-state index >= 15 is 0 Å². The van der Waals surface area contributed by atoms with E-state index in [0.717, 1.165) is 9.13 Å². The Hall–Kier alpha value is -0.620. The van der Waals surface area contributed by atoms with E-state index in [1.54, 1.807) is 4.90 Å². The molecule has 1 fully saturated rings. The molecule has 0 radical (unpaired) electrons. The van der Waals surface area contributed by atoms with E-state index in [1.807, 2.05) is 24.3 Å². The lowest BCUT2D eigenvalue weighted by Gasteiger charge is -2.37. The summed E-state index contributed by atoms with van der Waals surface area (Å²) in [5, 5.41) is 0. The summed E-state index contributed by atoms with van der Waals surface area (Å²) < 4.78 is 0.996. The molecule has 1 aromatic rings. The molecule has 0 aromatic heterocycles. The SMILES string of the molecule is NC1CN(C(=O)c2ccccc2I)C1. The first kappa shape index (κ1) is 9.92. The average molecular weight is 302 g/mol. The van der Waals surface area contributed by atoms with Gasteiger partial charge in [-0.15, -0.1) is 0 Å². The van der Waals surface area contributed by atoms with Crippen LogP contribution in [-0.2, 0) is 0 Å². The molecule has 2 rings (SSSR count). The van der Waals surface area contributed by atoms with Crippen molar-refractivity contribution in [1.29, 1.82) is 0 Å². The first-order chi connectivity index (χ1) is 6.68. The lowest BCUT2D eigenvalue weighted by molar-refractivity contribution is 0.0607. The highest BCUT2D eigenvalue weighted by molar-refractivity contribution is 14.1. The number of carbonyl (C=O) groups excluding carboxylic acids is 1. The molecule has 0 unspecified atom stereocenters. The number of benzene rings is 1. The van der Waals surface area contributed by atoms with Crippen molar-refractivity contribution in [2.75, 3.05) is 13.1 Å². The number of halogens is 1. The van der Waals surface area contributed by atoms with Crippen LogP contribution in [0.25, 0.3) is 0 Å². The van der Waals surface area contributed by atoms with Crippen LogP contribution in [0.3, 0.4) is 0 Å². The predicted molar refractivity (Wildman–Crippen MR) is 63.0 cm³/mol. The fourth-order valence-electron chi connectivity index (χ4n) is 1.48. The Morgan fingerprint density at radius 1 is 1.43 bits per heavy atom. The van der Waals surface area contributed by atoms with Crippen LogP contribution in [0, 0.1) is 3.57 Å². The second-order valence-electron chi connectivity index (χ2n) is 3.45. The van der Waals surface area contributed by atoms with Crippen LogP contribution < -0.4 is 5.73 Å². The van der Waals surface area contributed by atoms with Gasteiger partial charge in [-0.05, 0) is 34.7 Å². The monoisotopic (exact) mass is 302 g/mol. The van der Waals surface area contributed by atoms with Gasteiger partial charge in [-0.25, -0.2) is 0 Å². The first-order valence-corrected chi connectivity index (χ1v) is 5.56. The Morgan fingerprint density at radius 2 is 2.07 bits per heavy atom. The summed E-state index contributed by atoms with van der Waals surface area (Å²) in [6, 6.07) is 7.78. The Bertz CT molecular complexity index is 361. The van der Waals surface area contributed by atoms with Crippen molar-refractivity contribution in [2.45, 2.75) is 6.04 Å². The van der Waals surface area contributed by atoms with Gasteiger partial charge < -0.3 is 10.6 Å². The lowest BCUT2D eigenvalue weighted by Crippen LogP contribution is -2.57. The number of amides is 1. The van der Waals surface area contributed by atoms with Crippen molar-refractivity contribution in [3.05, 3.63) is 33.4 Å². The van der Waals surface area contributed by atoms with Gasteiger partial charge in [0.05, 0.1) is 5.56 Å². The van der Waals surface area contributed by atoms with E-state index < -0.39 is 0 Å². The molecular weight excluding hydrogens is 291 g/mol. The molecule has 1 aromatic carbocycles. The largest absolute Gasteiger partial charge is 0.335 e. The Labute approximate surface area is 96.4 Å². The number of hydrogen-bond acceptors (Lipinski definition) is 2. The predicted octanol–water partition coefficient (Wildman–Crippen LogP) is 1.07. The molecule has 2 N–H and O–H groups in total. The van der Waals surface area contributed by atoms with Crippen molar-refractivity contribution in [3.63, 3.8) is 0 Å². The van der Waals surface area contributed by atoms with Crippen molar-refractivity contribution in [1.82, 2.24) is 4.90 Å². The minimum atomic E-state index is 0.0942. The third kappa shape index (κ3) is 1.76. The van der Waals surface area contributed by atoms with E-state index in [1.165, 1.54) is 0 Å².